The molecular formula is C11H11ClO3. The number of carbonyl (C=O) groups is 2. The van der Waals surface area contributed by atoms with E-state index in [4.69, 9.17) is 11.6 Å². The number of ether oxygens (including phenoxy) is 1. The van der Waals surface area contributed by atoms with E-state index in [-0.39, 0.29) is 12.4 Å². The largest absolute Gasteiger partial charge is 0.469 e. The number of methoxy groups -OCH3 is 1. The second-order valence-electron chi connectivity index (χ2n) is 3.13. The molecule has 1 aromatic rings. The van der Waals surface area contributed by atoms with Crippen LogP contribution < -0.4 is 0 Å². The summed E-state index contributed by atoms with van der Waals surface area (Å²) in [5.41, 5.74) is 1.85. The van der Waals surface area contributed by atoms with Gasteiger partial charge in [-0.15, -0.1) is 0 Å². The standard InChI is InChI=1S/C11H11ClO3/c1-7-3-4-10(12)9(6-13)8(7)5-11(14)15-2/h3-4,6H,5H2,1-2H3. The Morgan fingerprint density at radius 1 is 1.53 bits per heavy atom. The van der Waals surface area contributed by atoms with E-state index in [1.165, 1.54) is 7.11 Å². The Labute approximate surface area is 93.0 Å². The molecule has 0 amide bonds. The summed E-state index contributed by atoms with van der Waals surface area (Å²) < 4.78 is 4.55. The van der Waals surface area contributed by atoms with Gasteiger partial charge in [0.25, 0.3) is 0 Å². The van der Waals surface area contributed by atoms with Gasteiger partial charge in [0.1, 0.15) is 0 Å². The minimum absolute atomic E-state index is 0.0664. The molecule has 80 valence electrons. The van der Waals surface area contributed by atoms with Crippen molar-refractivity contribution in [2.75, 3.05) is 7.11 Å². The molecule has 0 fully saturated rings. The van der Waals surface area contributed by atoms with Crippen molar-refractivity contribution in [1.29, 1.82) is 0 Å². The van der Waals surface area contributed by atoms with E-state index in [1.54, 1.807) is 12.1 Å². The molecule has 0 heterocycles. The van der Waals surface area contributed by atoms with Crippen molar-refractivity contribution < 1.29 is 14.3 Å². The molecule has 0 spiro atoms. The number of halogens is 1. The maximum Gasteiger partial charge on any atom is 0.310 e. The van der Waals surface area contributed by atoms with Crippen molar-refractivity contribution in [2.24, 2.45) is 0 Å². The van der Waals surface area contributed by atoms with Crippen LogP contribution in [-0.4, -0.2) is 19.4 Å². The van der Waals surface area contributed by atoms with E-state index in [9.17, 15) is 9.59 Å². The average Bonchev–Trinajstić information content (AvgIpc) is 2.23. The number of esters is 1. The van der Waals surface area contributed by atoms with E-state index >= 15 is 0 Å². The molecule has 0 bridgehead atoms. The quantitative estimate of drug-likeness (QED) is 0.586. The molecule has 3 nitrogen and oxygen atoms in total. The van der Waals surface area contributed by atoms with Crippen molar-refractivity contribution in [2.45, 2.75) is 13.3 Å². The first-order valence-corrected chi connectivity index (χ1v) is 4.78. The summed E-state index contributed by atoms with van der Waals surface area (Å²) in [6.45, 7) is 1.82. The summed E-state index contributed by atoms with van der Waals surface area (Å²) in [5, 5.41) is 0.356. The first-order chi connectivity index (χ1) is 7.10. The topological polar surface area (TPSA) is 43.4 Å². The second kappa shape index (κ2) is 4.94. The fraction of sp³-hybridized carbons (Fsp3) is 0.273. The Kier molecular flexibility index (Phi) is 3.86. The fourth-order valence-electron chi connectivity index (χ4n) is 1.32. The molecule has 0 aliphatic carbocycles. The van der Waals surface area contributed by atoms with E-state index in [0.717, 1.165) is 5.56 Å². The molecule has 1 aromatic carbocycles. The smallest absolute Gasteiger partial charge is 0.310 e. The summed E-state index contributed by atoms with van der Waals surface area (Å²) in [5.74, 6) is -0.386. The van der Waals surface area contributed by atoms with Gasteiger partial charge in [-0.05, 0) is 24.1 Å². The van der Waals surface area contributed by atoms with Gasteiger partial charge in [-0.1, -0.05) is 17.7 Å². The first-order valence-electron chi connectivity index (χ1n) is 4.40. The zero-order valence-electron chi connectivity index (χ0n) is 8.54. The monoisotopic (exact) mass is 226 g/mol. The van der Waals surface area contributed by atoms with Crippen LogP contribution in [-0.2, 0) is 16.0 Å². The van der Waals surface area contributed by atoms with Crippen molar-refractivity contribution >= 4 is 23.9 Å². The lowest BCUT2D eigenvalue weighted by Crippen LogP contribution is -2.08. The maximum atomic E-state index is 11.1. The third-order valence-corrected chi connectivity index (χ3v) is 2.53. The van der Waals surface area contributed by atoms with E-state index in [1.807, 2.05) is 6.92 Å². The number of hydrogen-bond acceptors (Lipinski definition) is 3. The molecule has 0 atom stereocenters. The summed E-state index contributed by atoms with van der Waals surface area (Å²) in [7, 11) is 1.31. The highest BCUT2D eigenvalue weighted by Crippen LogP contribution is 2.22. The zero-order valence-corrected chi connectivity index (χ0v) is 9.30. The lowest BCUT2D eigenvalue weighted by Gasteiger charge is -2.08. The van der Waals surface area contributed by atoms with Gasteiger partial charge in [0, 0.05) is 5.56 Å². The van der Waals surface area contributed by atoms with Crippen LogP contribution >= 0.6 is 11.6 Å². The molecule has 0 aliphatic rings. The lowest BCUT2D eigenvalue weighted by atomic mass is 10.00. The summed E-state index contributed by atoms with van der Waals surface area (Å²) in [4.78, 5) is 22.0. The molecular weight excluding hydrogens is 216 g/mol. The summed E-state index contributed by atoms with van der Waals surface area (Å²) in [6.07, 6.45) is 0.727. The Morgan fingerprint density at radius 3 is 2.73 bits per heavy atom. The number of aldehydes is 1. The van der Waals surface area contributed by atoms with Gasteiger partial charge in [0.05, 0.1) is 18.6 Å². The Hall–Kier alpha value is -1.35. The van der Waals surface area contributed by atoms with Crippen molar-refractivity contribution in [3.8, 4) is 0 Å². The minimum Gasteiger partial charge on any atom is -0.469 e. The van der Waals surface area contributed by atoms with Gasteiger partial charge in [-0.25, -0.2) is 0 Å². The van der Waals surface area contributed by atoms with Crippen molar-refractivity contribution in [3.05, 3.63) is 33.8 Å². The number of benzene rings is 1. The molecule has 4 heteroatoms. The highest BCUT2D eigenvalue weighted by Gasteiger charge is 2.13. The molecule has 1 rings (SSSR count). The third-order valence-electron chi connectivity index (χ3n) is 2.20. The average molecular weight is 227 g/mol. The lowest BCUT2D eigenvalue weighted by molar-refractivity contribution is -0.139. The number of rotatable bonds is 3. The van der Waals surface area contributed by atoms with E-state index in [0.29, 0.717) is 22.4 Å². The molecule has 0 saturated carbocycles. The van der Waals surface area contributed by atoms with Gasteiger partial charge in [0.15, 0.2) is 6.29 Å². The van der Waals surface area contributed by atoms with E-state index in [2.05, 4.69) is 4.74 Å². The maximum absolute atomic E-state index is 11.1. The number of aryl methyl sites for hydroxylation is 1. The SMILES string of the molecule is COC(=O)Cc1c(C)ccc(Cl)c1C=O. The highest BCUT2D eigenvalue weighted by molar-refractivity contribution is 6.33. The molecule has 0 unspecified atom stereocenters. The van der Waals surface area contributed by atoms with Gasteiger partial charge in [-0.2, -0.15) is 0 Å². The minimum atomic E-state index is -0.386. The molecule has 15 heavy (non-hydrogen) atoms. The number of hydrogen-bond donors (Lipinski definition) is 0. The van der Waals surface area contributed by atoms with Crippen molar-refractivity contribution in [3.63, 3.8) is 0 Å². The van der Waals surface area contributed by atoms with Crippen LogP contribution in [0.2, 0.25) is 5.02 Å². The number of carbonyl (C=O) groups excluding carboxylic acids is 2. The van der Waals surface area contributed by atoms with Crippen LogP contribution in [0.15, 0.2) is 12.1 Å². The van der Waals surface area contributed by atoms with Crippen molar-refractivity contribution in [1.82, 2.24) is 0 Å². The van der Waals surface area contributed by atoms with Gasteiger partial charge in [-0.3, -0.25) is 9.59 Å². The van der Waals surface area contributed by atoms with Gasteiger partial charge < -0.3 is 4.74 Å². The molecule has 0 saturated heterocycles. The first kappa shape index (κ1) is 11.7. The van der Waals surface area contributed by atoms with Crippen LogP contribution in [0.25, 0.3) is 0 Å². The van der Waals surface area contributed by atoms with E-state index < -0.39 is 0 Å². The predicted molar refractivity (Wildman–Crippen MR) is 57.3 cm³/mol. The highest BCUT2D eigenvalue weighted by atomic mass is 35.5. The third kappa shape index (κ3) is 2.57. The summed E-state index contributed by atoms with van der Waals surface area (Å²) >= 11 is 5.84. The molecule has 0 aromatic heterocycles. The Morgan fingerprint density at radius 2 is 2.20 bits per heavy atom. The second-order valence-corrected chi connectivity index (χ2v) is 3.53. The van der Waals surface area contributed by atoms with Gasteiger partial charge in [0.2, 0.25) is 0 Å². The normalized spacial score (nSPS) is 9.80. The molecule has 0 aliphatic heterocycles. The molecule has 0 radical (unpaired) electrons. The van der Waals surface area contributed by atoms with Crippen LogP contribution in [0.1, 0.15) is 21.5 Å². The van der Waals surface area contributed by atoms with Crippen LogP contribution in [0.5, 0.6) is 0 Å². The van der Waals surface area contributed by atoms with Crippen LogP contribution in [0.3, 0.4) is 0 Å². The zero-order chi connectivity index (χ0) is 11.4. The van der Waals surface area contributed by atoms with Crippen LogP contribution in [0.4, 0.5) is 0 Å². The predicted octanol–water partition coefficient (Wildman–Crippen LogP) is 2.18. The Balaban J connectivity index is 3.19. The van der Waals surface area contributed by atoms with Gasteiger partial charge >= 0.3 is 5.97 Å². The summed E-state index contributed by atoms with van der Waals surface area (Å²) in [6, 6.07) is 3.41. The fourth-order valence-corrected chi connectivity index (χ4v) is 1.55. The van der Waals surface area contributed by atoms with Crippen LogP contribution in [0, 0.1) is 6.92 Å². The Bertz CT molecular complexity index is 399. The molecule has 0 N–H and O–H groups in total.